The Morgan fingerprint density at radius 2 is 1.50 bits per heavy atom. The average Bonchev–Trinajstić information content (AvgIpc) is 1.99. The molecule has 0 aliphatic carbocycles. The van der Waals surface area contributed by atoms with Gasteiger partial charge in [0.05, 0.1) is 5.56 Å². The summed E-state index contributed by atoms with van der Waals surface area (Å²) < 4.78 is 0. The van der Waals surface area contributed by atoms with Crippen molar-refractivity contribution in [3.05, 3.63) is 17.7 Å². The molecule has 0 aliphatic heterocycles. The summed E-state index contributed by atoms with van der Waals surface area (Å²) in [7, 11) is 0. The Labute approximate surface area is 148 Å². The minimum atomic E-state index is -1.29. The van der Waals surface area contributed by atoms with Crippen LogP contribution in [0.2, 0.25) is 0 Å². The van der Waals surface area contributed by atoms with Crippen LogP contribution in [0.3, 0.4) is 0 Å². The molecule has 0 fully saturated rings. The van der Waals surface area contributed by atoms with Gasteiger partial charge in [-0.05, 0) is 12.1 Å². The van der Waals surface area contributed by atoms with Gasteiger partial charge in [0.1, 0.15) is 0 Å². The zero-order valence-corrected chi connectivity index (χ0v) is 14.2. The largest absolute Gasteiger partial charge is 2.00 e. The number of rotatable bonds is 1. The van der Waals surface area contributed by atoms with Crippen molar-refractivity contribution in [2.75, 3.05) is 0 Å². The average molecular weight is 399 g/mol. The number of hydrogen-bond donors (Lipinski definition) is 4. The van der Waals surface area contributed by atoms with Gasteiger partial charge in [-0.1, -0.05) is 0 Å². The number of carboxylic acid groups (broad SMARTS) is 1. The van der Waals surface area contributed by atoms with Gasteiger partial charge in [-0.15, -0.1) is 0 Å². The van der Waals surface area contributed by atoms with Crippen LogP contribution in [-0.4, -0.2) is 71.9 Å². The second-order valence-electron chi connectivity index (χ2n) is 2.17. The van der Waals surface area contributed by atoms with E-state index in [9.17, 15) is 4.79 Å². The van der Waals surface area contributed by atoms with Crippen LogP contribution in [0.15, 0.2) is 12.1 Å². The Morgan fingerprint density at radius 3 is 1.79 bits per heavy atom. The van der Waals surface area contributed by atoms with E-state index in [4.69, 9.17) is 20.4 Å². The van der Waals surface area contributed by atoms with E-state index in [2.05, 4.69) is 0 Å². The van der Waals surface area contributed by atoms with Gasteiger partial charge in [0.25, 0.3) is 0 Å². The monoisotopic (exact) mass is 399 g/mol. The van der Waals surface area contributed by atoms with Crippen LogP contribution < -0.4 is 0 Å². The third-order valence-electron chi connectivity index (χ3n) is 1.32. The van der Waals surface area contributed by atoms with Crippen LogP contribution in [-0.2, 0) is 0 Å². The molecule has 5 nitrogen and oxygen atoms in total. The number of aromatic hydroxyl groups is 3. The first kappa shape index (κ1) is 17.2. The van der Waals surface area contributed by atoms with Gasteiger partial charge in [0, 0.05) is 35.6 Å². The molecule has 71 valence electrons. The maximum Gasteiger partial charge on any atom is 2.00 e. The van der Waals surface area contributed by atoms with E-state index < -0.39 is 23.2 Å². The molecule has 0 unspecified atom stereocenters. The summed E-state index contributed by atoms with van der Waals surface area (Å²) >= 11 is 0. The minimum absolute atomic E-state index is 0. The molecule has 0 saturated carbocycles. The molecule has 1 rings (SSSR count). The van der Waals surface area contributed by atoms with Crippen molar-refractivity contribution in [2.24, 2.45) is 0 Å². The number of phenolic OH excluding ortho intramolecular Hbond substituents is 3. The Bertz CT molecular complexity index is 327. The quantitative estimate of drug-likeness (QED) is 0.404. The SMILES string of the molecule is O=C(O)c1cc(O)c(O)c(O)c1.[H-].[H-].[La].[Sr+2]. The summed E-state index contributed by atoms with van der Waals surface area (Å²) in [5.74, 6) is -3.33. The number of benzene rings is 1. The smallest absolute Gasteiger partial charge is 1.00 e. The number of hydrogen-bond acceptors (Lipinski definition) is 4. The van der Waals surface area contributed by atoms with Gasteiger partial charge in [-0.3, -0.25) is 0 Å². The zero-order valence-electron chi connectivity index (χ0n) is 9.14. The van der Waals surface area contributed by atoms with E-state index in [-0.39, 0.29) is 89.5 Å². The Kier molecular flexibility index (Phi) is 8.72. The fourth-order valence-electron chi connectivity index (χ4n) is 0.728. The van der Waals surface area contributed by atoms with Crippen molar-refractivity contribution < 1.29 is 63.7 Å². The van der Waals surface area contributed by atoms with Gasteiger partial charge in [0.15, 0.2) is 17.2 Å². The molecule has 14 heavy (non-hydrogen) atoms. The molecule has 0 saturated heterocycles. The van der Waals surface area contributed by atoms with Crippen molar-refractivity contribution in [3.63, 3.8) is 0 Å². The predicted octanol–water partition coefficient (Wildman–Crippen LogP) is 0.346. The molecule has 4 N–H and O–H groups in total. The molecule has 0 bridgehead atoms. The number of carboxylic acids is 1. The van der Waals surface area contributed by atoms with E-state index in [0.29, 0.717) is 0 Å². The van der Waals surface area contributed by atoms with Crippen molar-refractivity contribution in [2.45, 2.75) is 0 Å². The van der Waals surface area contributed by atoms with Gasteiger partial charge in [0.2, 0.25) is 0 Å². The summed E-state index contributed by atoms with van der Waals surface area (Å²) in [6.07, 6.45) is 0. The number of aromatic carboxylic acids is 1. The van der Waals surface area contributed by atoms with Gasteiger partial charge in [-0.25, -0.2) is 4.79 Å². The van der Waals surface area contributed by atoms with Crippen LogP contribution >= 0.6 is 0 Å². The predicted molar refractivity (Wildman–Crippen MR) is 46.4 cm³/mol. The number of phenols is 3. The van der Waals surface area contributed by atoms with E-state index >= 15 is 0 Å². The summed E-state index contributed by atoms with van der Waals surface area (Å²) in [5, 5.41) is 35.0. The molecule has 0 spiro atoms. The Balaban J connectivity index is -0.000000180. The molecule has 0 atom stereocenters. The molecule has 7 heteroatoms. The van der Waals surface area contributed by atoms with Crippen LogP contribution in [0.1, 0.15) is 13.2 Å². The van der Waals surface area contributed by atoms with Gasteiger partial charge >= 0.3 is 51.5 Å². The summed E-state index contributed by atoms with van der Waals surface area (Å²) in [6.45, 7) is 0. The second kappa shape index (κ2) is 7.11. The maximum atomic E-state index is 10.3. The first-order valence-electron chi connectivity index (χ1n) is 3.00. The summed E-state index contributed by atoms with van der Waals surface area (Å²) in [5.41, 5.74) is -0.289. The van der Waals surface area contributed by atoms with E-state index in [1.165, 1.54) is 0 Å². The van der Waals surface area contributed by atoms with E-state index in [1.807, 2.05) is 0 Å². The zero-order chi connectivity index (χ0) is 9.30. The molecule has 1 aromatic carbocycles. The Morgan fingerprint density at radius 1 is 1.14 bits per heavy atom. The molecule has 0 heterocycles. The number of carbonyl (C=O) groups is 1. The van der Waals surface area contributed by atoms with Gasteiger partial charge in [-0.2, -0.15) is 0 Å². The van der Waals surface area contributed by atoms with Crippen molar-refractivity contribution >= 4 is 51.5 Å². The maximum absolute atomic E-state index is 10.3. The van der Waals surface area contributed by atoms with Crippen LogP contribution in [0.4, 0.5) is 0 Å². The second-order valence-corrected chi connectivity index (χ2v) is 2.17. The van der Waals surface area contributed by atoms with Crippen LogP contribution in [0, 0.1) is 35.6 Å². The van der Waals surface area contributed by atoms with Crippen molar-refractivity contribution in [3.8, 4) is 17.2 Å². The third kappa shape index (κ3) is 4.10. The fraction of sp³-hybridized carbons (Fsp3) is 0. The molecule has 0 aliphatic rings. The van der Waals surface area contributed by atoms with Gasteiger partial charge < -0.3 is 23.3 Å². The standard InChI is InChI=1S/C7H6O5.La.Sr.2H/c8-4-1-3(7(11)12)2-5(9)6(4)10;;;;/h1-2,8-10H,(H,11,12);;;;/q;;+2;2*-1. The van der Waals surface area contributed by atoms with Crippen LogP contribution in [0.5, 0.6) is 17.2 Å². The minimum Gasteiger partial charge on any atom is -1.00 e. The summed E-state index contributed by atoms with van der Waals surface area (Å²) in [6, 6.07) is 1.69. The summed E-state index contributed by atoms with van der Waals surface area (Å²) in [4.78, 5) is 10.3. The fourth-order valence-corrected chi connectivity index (χ4v) is 0.728. The van der Waals surface area contributed by atoms with Crippen LogP contribution in [0.25, 0.3) is 0 Å². The van der Waals surface area contributed by atoms with E-state index in [1.54, 1.807) is 0 Å². The molecule has 1 radical (unpaired) electrons. The normalized spacial score (nSPS) is 8.29. The Hall–Kier alpha value is 0.765. The van der Waals surface area contributed by atoms with E-state index in [0.717, 1.165) is 12.1 Å². The molecule has 0 amide bonds. The molecular weight excluding hydrogens is 391 g/mol. The molecule has 0 aromatic heterocycles. The molecular formula is C7H8LaO5Sr. The van der Waals surface area contributed by atoms with Crippen molar-refractivity contribution in [1.82, 2.24) is 0 Å². The first-order chi connectivity index (χ1) is 5.52. The molecule has 1 aromatic rings. The first-order valence-corrected chi connectivity index (χ1v) is 3.00. The topological polar surface area (TPSA) is 98.0 Å². The third-order valence-corrected chi connectivity index (χ3v) is 1.32. The van der Waals surface area contributed by atoms with Crippen molar-refractivity contribution in [1.29, 1.82) is 0 Å².